The maximum atomic E-state index is 13.2. The minimum atomic E-state index is -0.174. The number of halogens is 1. The molecule has 1 fully saturated rings. The van der Waals surface area contributed by atoms with Gasteiger partial charge in [-0.25, -0.2) is 4.39 Å². The van der Waals surface area contributed by atoms with Gasteiger partial charge < -0.3 is 5.32 Å². The second-order valence-corrected chi connectivity index (χ2v) is 5.68. The Kier molecular flexibility index (Phi) is 4.32. The average Bonchev–Trinajstić information content (AvgIpc) is 2.49. The van der Waals surface area contributed by atoms with Gasteiger partial charge in [-0.2, -0.15) is 0 Å². The minimum absolute atomic E-state index is 0.174. The summed E-state index contributed by atoms with van der Waals surface area (Å²) in [5.41, 5.74) is 4.56. The second kappa shape index (κ2) is 6.37. The molecule has 0 bridgehead atoms. The summed E-state index contributed by atoms with van der Waals surface area (Å²) in [5, 5.41) is 3.37. The van der Waals surface area contributed by atoms with E-state index in [2.05, 4.69) is 34.5 Å². The Labute approximate surface area is 125 Å². The lowest BCUT2D eigenvalue weighted by molar-refractivity contribution is 0.233. The lowest BCUT2D eigenvalue weighted by Crippen LogP contribution is -2.42. The summed E-state index contributed by atoms with van der Waals surface area (Å²) < 4.78 is 13.2. The predicted octanol–water partition coefficient (Wildman–Crippen LogP) is 3.21. The molecule has 3 rings (SSSR count). The van der Waals surface area contributed by atoms with E-state index in [0.717, 1.165) is 49.4 Å². The van der Waals surface area contributed by atoms with Gasteiger partial charge in [0.05, 0.1) is 0 Å². The first kappa shape index (κ1) is 14.2. The molecule has 1 heterocycles. The Balaban J connectivity index is 1.74. The first-order valence-electron chi connectivity index (χ1n) is 7.51. The normalized spacial score (nSPS) is 16.1. The number of hydrogen-bond donors (Lipinski definition) is 1. The maximum Gasteiger partial charge on any atom is 0.123 e. The summed E-state index contributed by atoms with van der Waals surface area (Å²) in [6.45, 7) is 7.33. The summed E-state index contributed by atoms with van der Waals surface area (Å²) in [4.78, 5) is 2.47. The molecule has 2 nitrogen and oxygen atoms in total. The van der Waals surface area contributed by atoms with Gasteiger partial charge in [0, 0.05) is 32.7 Å². The van der Waals surface area contributed by atoms with Gasteiger partial charge in [0.1, 0.15) is 5.82 Å². The maximum absolute atomic E-state index is 13.2. The van der Waals surface area contributed by atoms with Crippen molar-refractivity contribution in [1.29, 1.82) is 0 Å². The smallest absolute Gasteiger partial charge is 0.123 e. The molecule has 0 spiro atoms. The molecule has 1 saturated heterocycles. The van der Waals surface area contributed by atoms with Gasteiger partial charge in [-0.3, -0.25) is 4.90 Å². The summed E-state index contributed by atoms with van der Waals surface area (Å²) in [6, 6.07) is 13.6. The Morgan fingerprint density at radius 3 is 2.43 bits per heavy atom. The zero-order valence-corrected chi connectivity index (χ0v) is 12.4. The van der Waals surface area contributed by atoms with E-state index in [1.54, 1.807) is 6.07 Å². The highest BCUT2D eigenvalue weighted by molar-refractivity contribution is 5.67. The monoisotopic (exact) mass is 284 g/mol. The van der Waals surface area contributed by atoms with E-state index in [1.165, 1.54) is 11.6 Å². The Morgan fingerprint density at radius 1 is 1.05 bits per heavy atom. The van der Waals surface area contributed by atoms with Crippen LogP contribution in [-0.2, 0) is 6.54 Å². The third-order valence-electron chi connectivity index (χ3n) is 4.07. The van der Waals surface area contributed by atoms with Crippen LogP contribution in [0.15, 0.2) is 42.5 Å². The van der Waals surface area contributed by atoms with Crippen LogP contribution < -0.4 is 5.32 Å². The molecule has 0 saturated carbocycles. The van der Waals surface area contributed by atoms with Gasteiger partial charge in [-0.1, -0.05) is 30.3 Å². The molecule has 0 amide bonds. The zero-order chi connectivity index (χ0) is 14.7. The molecule has 110 valence electrons. The highest BCUT2D eigenvalue weighted by Crippen LogP contribution is 2.24. The number of piperazine rings is 1. The Bertz CT molecular complexity index is 601. The van der Waals surface area contributed by atoms with Gasteiger partial charge in [-0.05, 0) is 41.3 Å². The summed E-state index contributed by atoms with van der Waals surface area (Å²) in [5.74, 6) is -0.174. The van der Waals surface area contributed by atoms with Crippen molar-refractivity contribution in [2.75, 3.05) is 26.2 Å². The Hall–Kier alpha value is -1.71. The third-order valence-corrected chi connectivity index (χ3v) is 4.07. The van der Waals surface area contributed by atoms with Gasteiger partial charge in [0.2, 0.25) is 0 Å². The molecule has 0 aliphatic carbocycles. The van der Waals surface area contributed by atoms with Crippen molar-refractivity contribution in [2.24, 2.45) is 0 Å². The third kappa shape index (κ3) is 3.49. The molecule has 1 aliphatic heterocycles. The van der Waals surface area contributed by atoms with Crippen LogP contribution in [0.1, 0.15) is 11.1 Å². The quantitative estimate of drug-likeness (QED) is 0.931. The molecule has 1 N–H and O–H groups in total. The lowest BCUT2D eigenvalue weighted by atomic mass is 9.99. The van der Waals surface area contributed by atoms with Gasteiger partial charge >= 0.3 is 0 Å². The number of aryl methyl sites for hydroxylation is 1. The van der Waals surface area contributed by atoms with E-state index < -0.39 is 0 Å². The van der Waals surface area contributed by atoms with E-state index in [0.29, 0.717) is 0 Å². The van der Waals surface area contributed by atoms with Crippen molar-refractivity contribution in [3.63, 3.8) is 0 Å². The van der Waals surface area contributed by atoms with Crippen LogP contribution in [0.4, 0.5) is 4.39 Å². The fourth-order valence-corrected chi connectivity index (χ4v) is 2.87. The first-order valence-corrected chi connectivity index (χ1v) is 7.51. The molecule has 2 aromatic rings. The average molecular weight is 284 g/mol. The number of benzene rings is 2. The van der Waals surface area contributed by atoms with E-state index in [4.69, 9.17) is 0 Å². The fraction of sp³-hybridized carbons (Fsp3) is 0.333. The van der Waals surface area contributed by atoms with Crippen LogP contribution in [-0.4, -0.2) is 31.1 Å². The molecule has 0 atom stereocenters. The van der Waals surface area contributed by atoms with Gasteiger partial charge in [0.25, 0.3) is 0 Å². The second-order valence-electron chi connectivity index (χ2n) is 5.68. The molecule has 0 unspecified atom stereocenters. The highest BCUT2D eigenvalue weighted by atomic mass is 19.1. The van der Waals surface area contributed by atoms with Crippen LogP contribution in [0.2, 0.25) is 0 Å². The van der Waals surface area contributed by atoms with Crippen LogP contribution >= 0.6 is 0 Å². The van der Waals surface area contributed by atoms with Crippen LogP contribution in [0.25, 0.3) is 11.1 Å². The lowest BCUT2D eigenvalue weighted by Gasteiger charge is -2.27. The van der Waals surface area contributed by atoms with Crippen molar-refractivity contribution >= 4 is 0 Å². The van der Waals surface area contributed by atoms with Crippen molar-refractivity contribution < 1.29 is 4.39 Å². The molecule has 3 heteroatoms. The van der Waals surface area contributed by atoms with Gasteiger partial charge in [-0.15, -0.1) is 0 Å². The molecule has 21 heavy (non-hydrogen) atoms. The standard InChI is InChI=1S/C18H21FN2/c1-14-12-17(19)6-7-18(14)16-4-2-15(3-5-16)13-21-10-8-20-9-11-21/h2-7,12,20H,8-11,13H2,1H3. The van der Waals surface area contributed by atoms with E-state index >= 15 is 0 Å². The van der Waals surface area contributed by atoms with Crippen LogP contribution in [0, 0.1) is 12.7 Å². The van der Waals surface area contributed by atoms with E-state index in [9.17, 15) is 4.39 Å². The fourth-order valence-electron chi connectivity index (χ4n) is 2.87. The topological polar surface area (TPSA) is 15.3 Å². The number of nitrogens with zero attached hydrogens (tertiary/aromatic N) is 1. The van der Waals surface area contributed by atoms with Crippen LogP contribution in [0.3, 0.4) is 0 Å². The number of rotatable bonds is 3. The number of hydrogen-bond acceptors (Lipinski definition) is 2. The molecular weight excluding hydrogens is 263 g/mol. The molecular formula is C18H21FN2. The van der Waals surface area contributed by atoms with Crippen molar-refractivity contribution in [2.45, 2.75) is 13.5 Å². The van der Waals surface area contributed by atoms with Crippen LogP contribution in [0.5, 0.6) is 0 Å². The number of nitrogens with one attached hydrogen (secondary N) is 1. The molecule has 0 aromatic heterocycles. The summed E-state index contributed by atoms with van der Waals surface area (Å²) in [7, 11) is 0. The highest BCUT2D eigenvalue weighted by Gasteiger charge is 2.10. The minimum Gasteiger partial charge on any atom is -0.314 e. The first-order chi connectivity index (χ1) is 10.2. The van der Waals surface area contributed by atoms with Gasteiger partial charge in [0.15, 0.2) is 0 Å². The van der Waals surface area contributed by atoms with Crippen molar-refractivity contribution in [3.05, 3.63) is 59.4 Å². The van der Waals surface area contributed by atoms with Crippen molar-refractivity contribution in [1.82, 2.24) is 10.2 Å². The van der Waals surface area contributed by atoms with E-state index in [-0.39, 0.29) is 5.82 Å². The zero-order valence-electron chi connectivity index (χ0n) is 12.4. The molecule has 1 aliphatic rings. The Morgan fingerprint density at radius 2 is 1.76 bits per heavy atom. The summed E-state index contributed by atoms with van der Waals surface area (Å²) >= 11 is 0. The predicted molar refractivity (Wildman–Crippen MR) is 84.7 cm³/mol. The van der Waals surface area contributed by atoms with E-state index in [1.807, 2.05) is 13.0 Å². The molecule has 2 aromatic carbocycles. The SMILES string of the molecule is Cc1cc(F)ccc1-c1ccc(CN2CCNCC2)cc1. The van der Waals surface area contributed by atoms with Crippen molar-refractivity contribution in [3.8, 4) is 11.1 Å². The largest absolute Gasteiger partial charge is 0.314 e. The summed E-state index contributed by atoms with van der Waals surface area (Å²) in [6.07, 6.45) is 0. The molecule has 0 radical (unpaired) electrons.